The van der Waals surface area contributed by atoms with Crippen LogP contribution < -0.4 is 11.5 Å². The lowest BCUT2D eigenvalue weighted by molar-refractivity contribution is -0.137. The molecule has 4 heterocycles. The molecule has 2 fully saturated rings. The minimum Gasteiger partial charge on any atom is -0.383 e. The zero-order valence-electron chi connectivity index (χ0n) is 23.7. The Balaban J connectivity index is 1.21. The van der Waals surface area contributed by atoms with Gasteiger partial charge in [-0.1, -0.05) is 29.4 Å². The fourth-order valence-electron chi connectivity index (χ4n) is 6.60. The Hall–Kier alpha value is -4.23. The molecule has 0 amide bonds. The van der Waals surface area contributed by atoms with Crippen molar-refractivity contribution in [1.82, 2.24) is 34.7 Å². The van der Waals surface area contributed by atoms with Gasteiger partial charge in [0.2, 0.25) is 0 Å². The number of benzene rings is 2. The van der Waals surface area contributed by atoms with Gasteiger partial charge in [-0.15, -0.1) is 0 Å². The summed E-state index contributed by atoms with van der Waals surface area (Å²) in [6.07, 6.45) is 1.07. The molecule has 0 bridgehead atoms. The molecule has 2 aromatic carbocycles. The predicted molar refractivity (Wildman–Crippen MR) is 158 cm³/mol. The second kappa shape index (κ2) is 10.5. The summed E-state index contributed by atoms with van der Waals surface area (Å²) in [4.78, 5) is 13.8. The Morgan fingerprint density at radius 1 is 0.837 bits per heavy atom. The lowest BCUT2D eigenvalue weighted by Gasteiger charge is -2.41. The molecule has 1 saturated carbocycles. The predicted octanol–water partition coefficient (Wildman–Crippen LogP) is 5.22. The van der Waals surface area contributed by atoms with E-state index in [1.165, 1.54) is 6.33 Å². The van der Waals surface area contributed by atoms with Crippen LogP contribution in [0.4, 0.5) is 24.8 Å². The molecule has 224 valence electrons. The molecular weight excluding hydrogens is 559 g/mol. The Morgan fingerprint density at radius 2 is 1.51 bits per heavy atom. The van der Waals surface area contributed by atoms with Crippen molar-refractivity contribution in [2.45, 2.75) is 43.9 Å². The van der Waals surface area contributed by atoms with Crippen LogP contribution in [0.5, 0.6) is 0 Å². The maximum absolute atomic E-state index is 13.6. The molecule has 43 heavy (non-hydrogen) atoms. The number of aromatic nitrogens is 5. The number of hydrogen-bond donors (Lipinski definition) is 2. The highest BCUT2D eigenvalue weighted by Crippen LogP contribution is 2.41. The summed E-state index contributed by atoms with van der Waals surface area (Å²) in [5.41, 5.74) is 14.4. The van der Waals surface area contributed by atoms with Crippen LogP contribution in [-0.2, 0) is 6.18 Å². The summed E-state index contributed by atoms with van der Waals surface area (Å²) >= 11 is 0. The molecule has 3 aromatic heterocycles. The van der Waals surface area contributed by atoms with Crippen molar-refractivity contribution in [2.75, 3.05) is 44.7 Å². The summed E-state index contributed by atoms with van der Waals surface area (Å²) < 4.78 is 48.0. The van der Waals surface area contributed by atoms with Crippen LogP contribution in [0, 0.1) is 0 Å². The lowest BCUT2D eigenvalue weighted by atomic mass is 9.90. The van der Waals surface area contributed by atoms with E-state index in [4.69, 9.17) is 21.1 Å². The molecule has 5 aromatic rings. The zero-order chi connectivity index (χ0) is 29.9. The second-order valence-corrected chi connectivity index (χ2v) is 11.6. The fourth-order valence-corrected chi connectivity index (χ4v) is 6.60. The highest BCUT2D eigenvalue weighted by atomic mass is 19.4. The molecule has 7 rings (SSSR count). The first-order valence-electron chi connectivity index (χ1n) is 14.5. The number of fused-ring (bicyclic) bond motifs is 2. The van der Waals surface area contributed by atoms with Gasteiger partial charge in [-0.25, -0.2) is 14.6 Å². The van der Waals surface area contributed by atoms with Crippen molar-refractivity contribution in [3.8, 4) is 22.4 Å². The first kappa shape index (κ1) is 27.6. The number of alkyl halides is 3. The summed E-state index contributed by atoms with van der Waals surface area (Å²) in [6.45, 7) is 4.42. The summed E-state index contributed by atoms with van der Waals surface area (Å²) in [7, 11) is 2.17. The van der Waals surface area contributed by atoms with Gasteiger partial charge < -0.3 is 20.9 Å². The van der Waals surface area contributed by atoms with E-state index in [0.717, 1.165) is 69.6 Å². The Labute approximate surface area is 245 Å². The molecule has 1 saturated heterocycles. The van der Waals surface area contributed by atoms with Gasteiger partial charge >= 0.3 is 6.18 Å². The van der Waals surface area contributed by atoms with Gasteiger partial charge in [0.1, 0.15) is 17.8 Å². The third-order valence-electron chi connectivity index (χ3n) is 8.98. The van der Waals surface area contributed by atoms with Crippen LogP contribution in [0.3, 0.4) is 0 Å². The molecule has 10 nitrogen and oxygen atoms in total. The van der Waals surface area contributed by atoms with Crippen molar-refractivity contribution < 1.29 is 17.7 Å². The first-order chi connectivity index (χ1) is 20.7. The number of hydrogen-bond acceptors (Lipinski definition) is 9. The van der Waals surface area contributed by atoms with Gasteiger partial charge in [0, 0.05) is 37.8 Å². The molecule has 2 aliphatic rings. The van der Waals surface area contributed by atoms with E-state index in [1.807, 2.05) is 16.8 Å². The van der Waals surface area contributed by atoms with Gasteiger partial charge in [0.05, 0.1) is 22.4 Å². The number of nitrogens with two attached hydrogens (primary N) is 2. The highest BCUT2D eigenvalue weighted by molar-refractivity contribution is 6.02. The standard InChI is InChI=1S/C30H32F3N9O/c1-40-10-12-41(13-11-40)20-6-8-21(9-7-20)42-29-25(27(34)36-16-37-29)26(38-42)18-4-2-17(3-5-18)22-14-19(30(31,32)33)15-23-24(22)28(35)39-43-23/h2-5,14-16,20-21H,6-13H2,1H3,(H2,35,39)(H2,34,36,37). The Bertz CT molecular complexity index is 1780. The third-order valence-corrected chi connectivity index (χ3v) is 8.98. The molecular formula is C30H32F3N9O. The van der Waals surface area contributed by atoms with Crippen molar-refractivity contribution in [3.63, 3.8) is 0 Å². The van der Waals surface area contributed by atoms with Gasteiger partial charge in [0.15, 0.2) is 17.0 Å². The van der Waals surface area contributed by atoms with Crippen LogP contribution in [0.1, 0.15) is 37.3 Å². The van der Waals surface area contributed by atoms with Crippen LogP contribution in [0.15, 0.2) is 47.2 Å². The van der Waals surface area contributed by atoms with Crippen molar-refractivity contribution >= 4 is 33.6 Å². The van der Waals surface area contributed by atoms with Crippen LogP contribution in [0.2, 0.25) is 0 Å². The fraction of sp³-hybridized carbons (Fsp3) is 0.400. The van der Waals surface area contributed by atoms with E-state index >= 15 is 0 Å². The number of rotatable bonds is 4. The Kier molecular flexibility index (Phi) is 6.73. The number of piperazine rings is 1. The summed E-state index contributed by atoms with van der Waals surface area (Å²) in [5, 5.41) is 9.70. The van der Waals surface area contributed by atoms with Crippen LogP contribution >= 0.6 is 0 Å². The number of likely N-dealkylation sites (N-methyl/N-ethyl adjacent to an activating group) is 1. The summed E-state index contributed by atoms with van der Waals surface area (Å²) in [6, 6.07) is 9.85. The maximum atomic E-state index is 13.6. The average molecular weight is 592 g/mol. The summed E-state index contributed by atoms with van der Waals surface area (Å²) in [5.74, 6) is 0.359. The van der Waals surface area contributed by atoms with E-state index in [2.05, 4.69) is 32.0 Å². The van der Waals surface area contributed by atoms with Gasteiger partial charge in [0.25, 0.3) is 0 Å². The van der Waals surface area contributed by atoms with Crippen LogP contribution in [0.25, 0.3) is 44.4 Å². The first-order valence-corrected chi connectivity index (χ1v) is 14.5. The average Bonchev–Trinajstić information content (AvgIpc) is 3.59. The number of nitrogen functional groups attached to an aromatic ring is 2. The normalized spacial score (nSPS) is 20.7. The van der Waals surface area contributed by atoms with E-state index in [9.17, 15) is 13.2 Å². The second-order valence-electron chi connectivity index (χ2n) is 11.6. The van der Waals surface area contributed by atoms with E-state index in [0.29, 0.717) is 39.5 Å². The van der Waals surface area contributed by atoms with E-state index < -0.39 is 11.7 Å². The number of halogens is 3. The molecule has 0 atom stereocenters. The molecule has 13 heteroatoms. The minimum absolute atomic E-state index is 0.0246. The third kappa shape index (κ3) is 4.95. The smallest absolute Gasteiger partial charge is 0.383 e. The van der Waals surface area contributed by atoms with Gasteiger partial charge in [-0.05, 0) is 56.0 Å². The highest BCUT2D eigenvalue weighted by Gasteiger charge is 2.33. The number of nitrogens with zero attached hydrogens (tertiary/aromatic N) is 7. The molecule has 1 aliphatic heterocycles. The molecule has 0 radical (unpaired) electrons. The quantitative estimate of drug-likeness (QED) is 0.289. The molecule has 0 unspecified atom stereocenters. The van der Waals surface area contributed by atoms with Gasteiger partial charge in [-0.2, -0.15) is 18.3 Å². The topological polar surface area (TPSA) is 128 Å². The van der Waals surface area contributed by atoms with Gasteiger partial charge in [-0.3, -0.25) is 4.90 Å². The van der Waals surface area contributed by atoms with E-state index in [1.54, 1.807) is 12.1 Å². The molecule has 1 aliphatic carbocycles. The minimum atomic E-state index is -4.56. The SMILES string of the molecule is CN1CCN(C2CCC(n3nc(-c4ccc(-c5cc(C(F)(F)F)cc6onc(N)c56)cc4)c4c(N)ncnc43)CC2)CC1. The largest absolute Gasteiger partial charge is 0.416 e. The maximum Gasteiger partial charge on any atom is 0.416 e. The van der Waals surface area contributed by atoms with Crippen molar-refractivity contribution in [3.05, 3.63) is 48.3 Å². The molecule has 4 N–H and O–H groups in total. The lowest BCUT2D eigenvalue weighted by Crippen LogP contribution is -2.49. The van der Waals surface area contributed by atoms with Crippen molar-refractivity contribution in [2.24, 2.45) is 0 Å². The monoisotopic (exact) mass is 591 g/mol. The zero-order valence-corrected chi connectivity index (χ0v) is 23.7. The van der Waals surface area contributed by atoms with Crippen LogP contribution in [-0.4, -0.2) is 74.0 Å². The molecule has 0 spiro atoms. The van der Waals surface area contributed by atoms with Crippen molar-refractivity contribution in [1.29, 1.82) is 0 Å². The Morgan fingerprint density at radius 3 is 2.21 bits per heavy atom. The number of anilines is 2. The van der Waals surface area contributed by atoms with E-state index in [-0.39, 0.29) is 23.0 Å².